The molecule has 128 valence electrons. The molecule has 1 heterocycles. The van der Waals surface area contributed by atoms with Gasteiger partial charge >= 0.3 is 0 Å². The summed E-state index contributed by atoms with van der Waals surface area (Å²) < 4.78 is 5.73. The number of allylic oxidation sites excluding steroid dienone is 1. The van der Waals surface area contributed by atoms with Gasteiger partial charge in [0.05, 0.1) is 0 Å². The van der Waals surface area contributed by atoms with E-state index in [0.29, 0.717) is 6.61 Å². The highest BCUT2D eigenvalue weighted by Gasteiger charge is 2.38. The van der Waals surface area contributed by atoms with Gasteiger partial charge in [-0.1, -0.05) is 51.5 Å². The molecule has 3 nitrogen and oxygen atoms in total. The van der Waals surface area contributed by atoms with E-state index in [2.05, 4.69) is 49.6 Å². The minimum Gasteiger partial charge on any atom is -0.396 e. The molecule has 0 saturated carbocycles. The Hall–Kier alpha value is -1.32. The number of rotatable bonds is 10. The number of benzene rings is 1. The van der Waals surface area contributed by atoms with Crippen LogP contribution in [0.3, 0.4) is 0 Å². The van der Waals surface area contributed by atoms with E-state index in [1.54, 1.807) is 0 Å². The summed E-state index contributed by atoms with van der Waals surface area (Å²) in [6.07, 6.45) is 5.25. The molecule has 0 saturated heterocycles. The van der Waals surface area contributed by atoms with E-state index in [9.17, 15) is 0 Å². The van der Waals surface area contributed by atoms with E-state index in [-0.39, 0.29) is 5.41 Å². The highest BCUT2D eigenvalue weighted by molar-refractivity contribution is 5.69. The first-order valence-electron chi connectivity index (χ1n) is 8.84. The van der Waals surface area contributed by atoms with Gasteiger partial charge in [-0.15, -0.1) is 0 Å². The van der Waals surface area contributed by atoms with E-state index in [1.165, 1.54) is 16.9 Å². The number of unbranched alkanes of at least 4 members (excludes halogenated alkanes) is 3. The first-order valence-corrected chi connectivity index (χ1v) is 8.84. The van der Waals surface area contributed by atoms with Crippen molar-refractivity contribution in [3.05, 3.63) is 42.1 Å². The molecule has 1 aromatic carbocycles. The van der Waals surface area contributed by atoms with Crippen LogP contribution in [0.15, 0.2) is 36.5 Å². The fourth-order valence-electron chi connectivity index (χ4n) is 3.23. The van der Waals surface area contributed by atoms with Crippen LogP contribution in [-0.2, 0) is 10.2 Å². The fraction of sp³-hybridized carbons (Fsp3) is 0.600. The Morgan fingerprint density at radius 2 is 1.74 bits per heavy atom. The molecular formula is C20H31NO2. The summed E-state index contributed by atoms with van der Waals surface area (Å²) in [7, 11) is 0. The first kappa shape index (κ1) is 18.0. The number of nitrogens with zero attached hydrogens (tertiary/aromatic N) is 1. The maximum absolute atomic E-state index is 8.73. The smallest absolute Gasteiger partial charge is 0.0483 e. The summed E-state index contributed by atoms with van der Waals surface area (Å²) in [5, 5.41) is 8.73. The summed E-state index contributed by atoms with van der Waals surface area (Å²) in [5.41, 5.74) is 3.87. The fourth-order valence-corrected chi connectivity index (χ4v) is 3.23. The second kappa shape index (κ2) is 8.51. The molecule has 0 fully saturated rings. The molecule has 0 spiro atoms. The highest BCUT2D eigenvalue weighted by atomic mass is 16.5. The van der Waals surface area contributed by atoms with Crippen molar-refractivity contribution in [1.29, 1.82) is 0 Å². The Balaban J connectivity index is 1.71. The topological polar surface area (TPSA) is 32.7 Å². The van der Waals surface area contributed by atoms with Crippen LogP contribution in [0.1, 0.15) is 51.5 Å². The van der Waals surface area contributed by atoms with E-state index in [4.69, 9.17) is 9.84 Å². The van der Waals surface area contributed by atoms with Gasteiger partial charge in [0.15, 0.2) is 0 Å². The minimum atomic E-state index is 0.0180. The quantitative estimate of drug-likeness (QED) is 0.655. The molecule has 0 aromatic heterocycles. The second-order valence-electron chi connectivity index (χ2n) is 6.84. The lowest BCUT2D eigenvalue weighted by molar-refractivity contribution is 0.128. The molecule has 1 aliphatic heterocycles. The highest BCUT2D eigenvalue weighted by Crippen LogP contribution is 2.46. The van der Waals surface area contributed by atoms with Crippen molar-refractivity contribution in [2.45, 2.75) is 51.4 Å². The van der Waals surface area contributed by atoms with Crippen molar-refractivity contribution in [3.8, 4) is 0 Å². The molecule has 0 bridgehead atoms. The van der Waals surface area contributed by atoms with Gasteiger partial charge in [0.1, 0.15) is 0 Å². The summed E-state index contributed by atoms with van der Waals surface area (Å²) in [4.78, 5) is 2.35. The lowest BCUT2D eigenvalue weighted by Crippen LogP contribution is -2.26. The average Bonchev–Trinajstić information content (AvgIpc) is 2.74. The Morgan fingerprint density at radius 3 is 2.52 bits per heavy atom. The zero-order valence-corrected chi connectivity index (χ0v) is 14.7. The molecule has 0 unspecified atom stereocenters. The zero-order chi connectivity index (χ0) is 16.7. The van der Waals surface area contributed by atoms with Crippen LogP contribution in [0.4, 0.5) is 5.69 Å². The van der Waals surface area contributed by atoms with Gasteiger partial charge < -0.3 is 14.7 Å². The molecule has 1 aliphatic rings. The molecule has 3 heteroatoms. The van der Waals surface area contributed by atoms with Crippen LogP contribution < -0.4 is 4.90 Å². The average molecular weight is 317 g/mol. The number of para-hydroxylation sites is 1. The van der Waals surface area contributed by atoms with E-state index in [0.717, 1.165) is 51.9 Å². The second-order valence-corrected chi connectivity index (χ2v) is 6.84. The van der Waals surface area contributed by atoms with Crippen LogP contribution in [0.5, 0.6) is 0 Å². The lowest BCUT2D eigenvalue weighted by Gasteiger charge is -2.25. The zero-order valence-electron chi connectivity index (χ0n) is 14.7. The number of hydrogen-bond acceptors (Lipinski definition) is 3. The third-order valence-corrected chi connectivity index (χ3v) is 4.78. The maximum Gasteiger partial charge on any atom is 0.0483 e. The van der Waals surface area contributed by atoms with Crippen LogP contribution in [-0.4, -0.2) is 31.5 Å². The van der Waals surface area contributed by atoms with Crippen LogP contribution in [0.2, 0.25) is 0 Å². The van der Waals surface area contributed by atoms with Gasteiger partial charge in [0, 0.05) is 43.2 Å². The van der Waals surface area contributed by atoms with Crippen LogP contribution in [0.25, 0.3) is 0 Å². The first-order chi connectivity index (χ1) is 11.1. The van der Waals surface area contributed by atoms with Gasteiger partial charge in [-0.05, 0) is 30.9 Å². The molecule has 0 aliphatic carbocycles. The molecule has 0 atom stereocenters. The van der Waals surface area contributed by atoms with Crippen LogP contribution in [0, 0.1) is 0 Å². The van der Waals surface area contributed by atoms with Gasteiger partial charge in [-0.3, -0.25) is 0 Å². The minimum absolute atomic E-state index is 0.0180. The molecule has 23 heavy (non-hydrogen) atoms. The molecular weight excluding hydrogens is 286 g/mol. The summed E-state index contributed by atoms with van der Waals surface area (Å²) in [5.74, 6) is 0. The molecule has 1 aromatic rings. The summed E-state index contributed by atoms with van der Waals surface area (Å²) in [6, 6.07) is 8.61. The SMILES string of the molecule is C=C1N(CCCOCCCCCCO)c2ccccc2C1(C)C. The third-order valence-electron chi connectivity index (χ3n) is 4.78. The maximum atomic E-state index is 8.73. The number of anilines is 1. The van der Waals surface area contributed by atoms with E-state index < -0.39 is 0 Å². The number of aliphatic hydroxyl groups excluding tert-OH is 1. The number of hydrogen-bond donors (Lipinski definition) is 1. The normalized spacial score (nSPS) is 16.0. The molecule has 1 N–H and O–H groups in total. The van der Waals surface area contributed by atoms with Gasteiger partial charge in [-0.2, -0.15) is 0 Å². The van der Waals surface area contributed by atoms with Gasteiger partial charge in [0.25, 0.3) is 0 Å². The van der Waals surface area contributed by atoms with Crippen molar-refractivity contribution in [1.82, 2.24) is 0 Å². The summed E-state index contributed by atoms with van der Waals surface area (Å²) >= 11 is 0. The standard InChI is InChI=1S/C20H31NO2/c1-17-20(2,3)18-11-6-7-12-19(18)21(17)13-10-16-23-15-9-5-4-8-14-22/h6-7,11-12,22H,1,4-5,8-10,13-16H2,2-3H3. The molecule has 0 radical (unpaired) electrons. The third kappa shape index (κ3) is 4.36. The van der Waals surface area contributed by atoms with Crippen LogP contribution >= 0.6 is 0 Å². The Kier molecular flexibility index (Phi) is 6.67. The van der Waals surface area contributed by atoms with E-state index >= 15 is 0 Å². The van der Waals surface area contributed by atoms with Gasteiger partial charge in [0.2, 0.25) is 0 Å². The van der Waals surface area contributed by atoms with Gasteiger partial charge in [-0.25, -0.2) is 0 Å². The van der Waals surface area contributed by atoms with Crippen molar-refractivity contribution in [3.63, 3.8) is 0 Å². The summed E-state index contributed by atoms with van der Waals surface area (Å²) in [6.45, 7) is 11.7. The van der Waals surface area contributed by atoms with Crippen molar-refractivity contribution >= 4 is 5.69 Å². The predicted octanol–water partition coefficient (Wildman–Crippen LogP) is 4.26. The Bertz CT molecular complexity index is 510. The lowest BCUT2D eigenvalue weighted by atomic mass is 9.84. The predicted molar refractivity (Wildman–Crippen MR) is 96.9 cm³/mol. The van der Waals surface area contributed by atoms with Crippen molar-refractivity contribution in [2.75, 3.05) is 31.3 Å². The monoisotopic (exact) mass is 317 g/mol. The van der Waals surface area contributed by atoms with Crippen molar-refractivity contribution < 1.29 is 9.84 Å². The number of aliphatic hydroxyl groups is 1. The largest absolute Gasteiger partial charge is 0.396 e. The van der Waals surface area contributed by atoms with E-state index in [1.807, 2.05) is 0 Å². The number of fused-ring (bicyclic) bond motifs is 1. The Labute approximate surface area is 141 Å². The molecule has 2 rings (SSSR count). The Morgan fingerprint density at radius 1 is 1.04 bits per heavy atom. The number of ether oxygens (including phenoxy) is 1. The molecule has 0 amide bonds. The van der Waals surface area contributed by atoms with Crippen molar-refractivity contribution in [2.24, 2.45) is 0 Å².